The van der Waals surface area contributed by atoms with E-state index in [4.69, 9.17) is 0 Å². The Morgan fingerprint density at radius 1 is 0.944 bits per heavy atom. The second-order valence-corrected chi connectivity index (χ2v) is 5.53. The average molecular weight is 268 g/mol. The van der Waals surface area contributed by atoms with Crippen LogP contribution in [-0.4, -0.2) is 18.6 Å². The first-order valence-corrected chi connectivity index (χ1v) is 6.42. The van der Waals surface area contributed by atoms with Crippen LogP contribution in [0.5, 0.6) is 11.5 Å². The normalized spacial score (nSPS) is 11.4. The van der Waals surface area contributed by atoms with Gasteiger partial charge in [0, 0.05) is 6.07 Å². The van der Waals surface area contributed by atoms with E-state index in [2.05, 4.69) is 0 Å². The van der Waals surface area contributed by atoms with E-state index in [0.717, 1.165) is 36.4 Å². The number of hydrogen-bond donors (Lipinski definition) is 2. The van der Waals surface area contributed by atoms with Crippen molar-refractivity contribution in [3.63, 3.8) is 0 Å². The van der Waals surface area contributed by atoms with Crippen molar-refractivity contribution < 1.29 is 23.0 Å². The third-order valence-electron chi connectivity index (χ3n) is 2.36. The Bertz CT molecular complexity index is 678. The summed E-state index contributed by atoms with van der Waals surface area (Å²) in [6, 6.07) is 7.38. The summed E-state index contributed by atoms with van der Waals surface area (Å²) in [5, 5.41) is 18.8. The molecular weight excluding hydrogens is 259 g/mol. The van der Waals surface area contributed by atoms with Crippen molar-refractivity contribution in [3.05, 3.63) is 48.3 Å². The van der Waals surface area contributed by atoms with Crippen molar-refractivity contribution in [2.24, 2.45) is 0 Å². The number of phenolic OH excluding ortho intramolecular Hbond substituents is 2. The highest BCUT2D eigenvalue weighted by Crippen LogP contribution is 2.31. The van der Waals surface area contributed by atoms with Crippen molar-refractivity contribution in [1.82, 2.24) is 0 Å². The average Bonchev–Trinajstić information content (AvgIpc) is 2.32. The van der Waals surface area contributed by atoms with E-state index in [1.165, 1.54) is 6.07 Å². The first kappa shape index (κ1) is 12.4. The summed E-state index contributed by atoms with van der Waals surface area (Å²) in [6.45, 7) is 0. The summed E-state index contributed by atoms with van der Waals surface area (Å²) in [7, 11) is -3.99. The molecule has 0 spiro atoms. The minimum absolute atomic E-state index is 0.162. The van der Waals surface area contributed by atoms with Crippen LogP contribution in [0.1, 0.15) is 0 Å². The fourth-order valence-corrected chi connectivity index (χ4v) is 2.83. The van der Waals surface area contributed by atoms with Gasteiger partial charge in [-0.15, -0.1) is 0 Å². The van der Waals surface area contributed by atoms with E-state index in [9.17, 15) is 23.0 Å². The summed E-state index contributed by atoms with van der Waals surface area (Å²) in [5.74, 6) is -1.32. The number of sulfone groups is 1. The van der Waals surface area contributed by atoms with Crippen LogP contribution in [0.15, 0.2) is 52.3 Å². The lowest BCUT2D eigenvalue weighted by Crippen LogP contribution is -2.02. The fraction of sp³-hybridized carbons (Fsp3) is 0. The summed E-state index contributed by atoms with van der Waals surface area (Å²) in [6.07, 6.45) is 0. The molecule has 0 saturated carbocycles. The van der Waals surface area contributed by atoms with Gasteiger partial charge in [0.05, 0.1) is 4.90 Å². The largest absolute Gasteiger partial charge is 0.508 e. The van der Waals surface area contributed by atoms with E-state index in [0.29, 0.717) is 0 Å². The predicted octanol–water partition coefficient (Wildman–Crippen LogP) is 2.07. The zero-order chi connectivity index (χ0) is 13.3. The van der Waals surface area contributed by atoms with Gasteiger partial charge in [-0.05, 0) is 36.4 Å². The summed E-state index contributed by atoms with van der Waals surface area (Å²) in [4.78, 5) is -0.584. The van der Waals surface area contributed by atoms with Crippen LogP contribution in [-0.2, 0) is 9.84 Å². The highest BCUT2D eigenvalue weighted by atomic mass is 32.2. The summed E-state index contributed by atoms with van der Waals surface area (Å²) < 4.78 is 37.0. The topological polar surface area (TPSA) is 74.6 Å². The van der Waals surface area contributed by atoms with Crippen LogP contribution in [0.4, 0.5) is 4.39 Å². The molecule has 0 aliphatic heterocycles. The van der Waals surface area contributed by atoms with E-state index in [1.807, 2.05) is 0 Å². The second-order valence-electron chi connectivity index (χ2n) is 3.61. The standard InChI is InChI=1S/C12H9FO4S/c13-8-1-4-10(5-2-8)18(16,17)12-7-9(14)3-6-11(12)15/h1-7,14-15H. The maximum Gasteiger partial charge on any atom is 0.210 e. The van der Waals surface area contributed by atoms with Gasteiger partial charge in [0.1, 0.15) is 22.2 Å². The molecule has 18 heavy (non-hydrogen) atoms. The van der Waals surface area contributed by atoms with Gasteiger partial charge in [-0.25, -0.2) is 12.8 Å². The molecule has 0 saturated heterocycles. The lowest BCUT2D eigenvalue weighted by Gasteiger charge is -2.07. The van der Waals surface area contributed by atoms with Gasteiger partial charge in [0.25, 0.3) is 0 Å². The molecule has 2 aromatic rings. The van der Waals surface area contributed by atoms with Gasteiger partial charge >= 0.3 is 0 Å². The Labute approximate surface area is 103 Å². The molecule has 0 heterocycles. The molecule has 0 atom stereocenters. The number of phenols is 2. The lowest BCUT2D eigenvalue weighted by molar-refractivity contribution is 0.445. The van der Waals surface area contributed by atoms with Crippen LogP contribution in [0.3, 0.4) is 0 Å². The van der Waals surface area contributed by atoms with Gasteiger partial charge in [-0.3, -0.25) is 0 Å². The summed E-state index contributed by atoms with van der Waals surface area (Å²) >= 11 is 0. The molecule has 0 fully saturated rings. The molecule has 6 heteroatoms. The second kappa shape index (κ2) is 4.30. The van der Waals surface area contributed by atoms with Crippen LogP contribution >= 0.6 is 0 Å². The van der Waals surface area contributed by atoms with Crippen molar-refractivity contribution in [3.8, 4) is 11.5 Å². The van der Waals surface area contributed by atoms with Gasteiger partial charge in [-0.1, -0.05) is 0 Å². The van der Waals surface area contributed by atoms with Crippen molar-refractivity contribution in [2.75, 3.05) is 0 Å². The molecule has 2 aromatic carbocycles. The van der Waals surface area contributed by atoms with E-state index in [1.54, 1.807) is 0 Å². The Hall–Kier alpha value is -2.08. The number of benzene rings is 2. The number of aromatic hydroxyl groups is 2. The molecule has 4 nitrogen and oxygen atoms in total. The molecular formula is C12H9FO4S. The van der Waals surface area contributed by atoms with Crippen LogP contribution in [0.25, 0.3) is 0 Å². The van der Waals surface area contributed by atoms with Crippen LogP contribution < -0.4 is 0 Å². The van der Waals surface area contributed by atoms with Gasteiger partial charge < -0.3 is 10.2 Å². The predicted molar refractivity (Wildman–Crippen MR) is 61.6 cm³/mol. The van der Waals surface area contributed by atoms with Gasteiger partial charge in [0.15, 0.2) is 0 Å². The lowest BCUT2D eigenvalue weighted by atomic mass is 10.3. The highest BCUT2D eigenvalue weighted by molar-refractivity contribution is 7.91. The van der Waals surface area contributed by atoms with Crippen LogP contribution in [0.2, 0.25) is 0 Å². The molecule has 2 N–H and O–H groups in total. The van der Waals surface area contributed by atoms with E-state index >= 15 is 0 Å². The first-order chi connectivity index (χ1) is 8.41. The van der Waals surface area contributed by atoms with E-state index < -0.39 is 26.3 Å². The third-order valence-corrected chi connectivity index (χ3v) is 4.16. The van der Waals surface area contributed by atoms with E-state index in [-0.39, 0.29) is 10.6 Å². The van der Waals surface area contributed by atoms with Crippen molar-refractivity contribution in [1.29, 1.82) is 0 Å². The minimum Gasteiger partial charge on any atom is -0.508 e. The minimum atomic E-state index is -3.99. The van der Waals surface area contributed by atoms with Gasteiger partial charge in [0.2, 0.25) is 9.84 Å². The molecule has 0 aliphatic carbocycles. The Kier molecular flexibility index (Phi) is 2.96. The molecule has 0 amide bonds. The molecule has 0 aromatic heterocycles. The highest BCUT2D eigenvalue weighted by Gasteiger charge is 2.22. The smallest absolute Gasteiger partial charge is 0.210 e. The number of halogens is 1. The molecule has 0 unspecified atom stereocenters. The molecule has 0 aliphatic rings. The quantitative estimate of drug-likeness (QED) is 0.646. The Morgan fingerprint density at radius 3 is 2.17 bits per heavy atom. The van der Waals surface area contributed by atoms with Gasteiger partial charge in [-0.2, -0.15) is 0 Å². The molecule has 94 valence electrons. The fourth-order valence-electron chi connectivity index (χ4n) is 1.46. The first-order valence-electron chi connectivity index (χ1n) is 4.94. The maximum atomic E-state index is 12.7. The monoisotopic (exact) mass is 268 g/mol. The molecule has 0 bridgehead atoms. The number of rotatable bonds is 2. The SMILES string of the molecule is O=S(=O)(c1ccc(F)cc1)c1cc(O)ccc1O. The Morgan fingerprint density at radius 2 is 1.56 bits per heavy atom. The maximum absolute atomic E-state index is 12.7. The zero-order valence-electron chi connectivity index (χ0n) is 9.04. The molecule has 0 radical (unpaired) electrons. The van der Waals surface area contributed by atoms with Crippen molar-refractivity contribution >= 4 is 9.84 Å². The van der Waals surface area contributed by atoms with Crippen LogP contribution in [0, 0.1) is 5.82 Å². The summed E-state index contributed by atoms with van der Waals surface area (Å²) in [5.41, 5.74) is 0. The zero-order valence-corrected chi connectivity index (χ0v) is 9.86. The molecule has 2 rings (SSSR count). The Balaban J connectivity index is 2.61. The third kappa shape index (κ3) is 2.14. The van der Waals surface area contributed by atoms with Crippen molar-refractivity contribution in [2.45, 2.75) is 9.79 Å². The number of hydrogen-bond acceptors (Lipinski definition) is 4.